The van der Waals surface area contributed by atoms with Crippen molar-refractivity contribution in [3.63, 3.8) is 0 Å². The van der Waals surface area contributed by atoms with Crippen molar-refractivity contribution in [3.05, 3.63) is 12.2 Å². The van der Waals surface area contributed by atoms with Gasteiger partial charge in [0.15, 0.2) is 0 Å². The van der Waals surface area contributed by atoms with E-state index in [0.29, 0.717) is 0 Å². The van der Waals surface area contributed by atoms with Gasteiger partial charge in [0.2, 0.25) is 5.91 Å². The molecule has 0 aromatic rings. The zero-order chi connectivity index (χ0) is 14.3. The van der Waals surface area contributed by atoms with Crippen molar-refractivity contribution in [3.8, 4) is 0 Å². The van der Waals surface area contributed by atoms with Crippen LogP contribution in [0, 0.1) is 23.7 Å². The van der Waals surface area contributed by atoms with Crippen molar-refractivity contribution in [2.75, 3.05) is 6.54 Å². The number of carboxylic acid groups (broad SMARTS) is 1. The van der Waals surface area contributed by atoms with Gasteiger partial charge in [0.1, 0.15) is 0 Å². The van der Waals surface area contributed by atoms with Crippen molar-refractivity contribution in [2.45, 2.75) is 45.1 Å². The van der Waals surface area contributed by atoms with E-state index in [-0.39, 0.29) is 29.7 Å². The predicted molar refractivity (Wildman–Crippen MR) is 75.0 cm³/mol. The molecule has 1 N–H and O–H groups in total. The SMILES string of the molecule is C[C@@H]1CCCCN1C(=O)[C@H]1[C@H](C(=O)O)[C@H]2C=C[C@H]1CC2. The number of allylic oxidation sites excluding steroid dienone is 2. The highest BCUT2D eigenvalue weighted by atomic mass is 16.4. The highest BCUT2D eigenvalue weighted by Crippen LogP contribution is 2.46. The summed E-state index contributed by atoms with van der Waals surface area (Å²) in [6.07, 6.45) is 9.25. The van der Waals surface area contributed by atoms with Gasteiger partial charge in [0, 0.05) is 12.6 Å². The Morgan fingerprint density at radius 2 is 1.70 bits per heavy atom. The monoisotopic (exact) mass is 277 g/mol. The van der Waals surface area contributed by atoms with Gasteiger partial charge in [0.25, 0.3) is 0 Å². The normalized spacial score (nSPS) is 39.9. The molecule has 1 aliphatic heterocycles. The molecule has 1 saturated heterocycles. The minimum atomic E-state index is -0.799. The Bertz CT molecular complexity index is 445. The average Bonchev–Trinajstić information content (AvgIpc) is 2.47. The fourth-order valence-corrected chi connectivity index (χ4v) is 4.28. The minimum Gasteiger partial charge on any atom is -0.481 e. The number of hydrogen-bond acceptors (Lipinski definition) is 2. The molecule has 4 nitrogen and oxygen atoms in total. The van der Waals surface area contributed by atoms with Crippen LogP contribution in [-0.4, -0.2) is 34.5 Å². The molecule has 4 aliphatic rings. The predicted octanol–water partition coefficient (Wildman–Crippen LogP) is 2.30. The van der Waals surface area contributed by atoms with Crippen LogP contribution >= 0.6 is 0 Å². The number of piperidine rings is 1. The molecule has 0 radical (unpaired) electrons. The molecule has 1 amide bonds. The first-order valence-electron chi connectivity index (χ1n) is 7.81. The number of carbonyl (C=O) groups excluding carboxylic acids is 1. The van der Waals surface area contributed by atoms with Crippen molar-refractivity contribution in [2.24, 2.45) is 23.7 Å². The minimum absolute atomic E-state index is 0.0477. The molecule has 1 heterocycles. The zero-order valence-electron chi connectivity index (χ0n) is 12.0. The zero-order valence-corrected chi connectivity index (χ0v) is 12.0. The standard InChI is InChI=1S/C16H23NO3/c1-10-4-2-3-9-17(10)15(18)13-11-5-7-12(8-6-11)14(13)16(19)20/h5,7,10-14H,2-4,6,8-9H2,1H3,(H,19,20)/t10-,11+,12+,13-,14-/m1/s1. The molecule has 1 saturated carbocycles. The molecular formula is C16H23NO3. The van der Waals surface area contributed by atoms with Crippen LogP contribution in [0.5, 0.6) is 0 Å². The summed E-state index contributed by atoms with van der Waals surface area (Å²) in [5.41, 5.74) is 0. The van der Waals surface area contributed by atoms with Crippen molar-refractivity contribution in [1.82, 2.24) is 4.90 Å². The summed E-state index contributed by atoms with van der Waals surface area (Å²) in [6, 6.07) is 0.259. The maximum Gasteiger partial charge on any atom is 0.307 e. The number of fused-ring (bicyclic) bond motifs is 2. The van der Waals surface area contributed by atoms with Gasteiger partial charge in [-0.3, -0.25) is 9.59 Å². The molecule has 0 aromatic heterocycles. The summed E-state index contributed by atoms with van der Waals surface area (Å²) in [7, 11) is 0. The van der Waals surface area contributed by atoms with Crippen molar-refractivity contribution in [1.29, 1.82) is 0 Å². The largest absolute Gasteiger partial charge is 0.481 e. The summed E-state index contributed by atoms with van der Waals surface area (Å²) in [5.74, 6) is -1.39. The number of likely N-dealkylation sites (tertiary alicyclic amines) is 1. The first-order valence-corrected chi connectivity index (χ1v) is 7.81. The van der Waals surface area contributed by atoms with Crippen LogP contribution in [0.2, 0.25) is 0 Å². The number of rotatable bonds is 2. The maximum absolute atomic E-state index is 12.9. The molecule has 2 fully saturated rings. The second-order valence-corrected chi connectivity index (χ2v) is 6.56. The molecule has 4 heteroatoms. The number of carboxylic acids is 1. The first-order chi connectivity index (χ1) is 9.59. The van der Waals surface area contributed by atoms with Gasteiger partial charge in [-0.05, 0) is 50.9 Å². The highest BCUT2D eigenvalue weighted by molar-refractivity contribution is 5.86. The lowest BCUT2D eigenvalue weighted by molar-refractivity contribution is -0.158. The van der Waals surface area contributed by atoms with E-state index >= 15 is 0 Å². The van der Waals surface area contributed by atoms with Gasteiger partial charge in [-0.25, -0.2) is 0 Å². The Morgan fingerprint density at radius 3 is 2.25 bits per heavy atom. The molecule has 4 rings (SSSR count). The molecule has 20 heavy (non-hydrogen) atoms. The van der Waals surface area contributed by atoms with Crippen LogP contribution in [0.15, 0.2) is 12.2 Å². The van der Waals surface area contributed by atoms with Crippen LogP contribution in [0.3, 0.4) is 0 Å². The fourth-order valence-electron chi connectivity index (χ4n) is 4.28. The number of carbonyl (C=O) groups is 2. The Hall–Kier alpha value is -1.32. The second kappa shape index (κ2) is 5.23. The molecule has 3 aliphatic carbocycles. The second-order valence-electron chi connectivity index (χ2n) is 6.56. The van der Waals surface area contributed by atoms with E-state index in [9.17, 15) is 14.7 Å². The van der Waals surface area contributed by atoms with Crippen LogP contribution in [0.25, 0.3) is 0 Å². The van der Waals surface area contributed by atoms with E-state index < -0.39 is 11.9 Å². The van der Waals surface area contributed by atoms with Gasteiger partial charge in [-0.1, -0.05) is 12.2 Å². The number of amides is 1. The van der Waals surface area contributed by atoms with Crippen LogP contribution in [-0.2, 0) is 9.59 Å². The Kier molecular flexibility index (Phi) is 3.57. The quantitative estimate of drug-likeness (QED) is 0.788. The van der Waals surface area contributed by atoms with Crippen LogP contribution < -0.4 is 0 Å². The third-order valence-corrected chi connectivity index (χ3v) is 5.40. The van der Waals surface area contributed by atoms with Gasteiger partial charge in [0.05, 0.1) is 11.8 Å². The topological polar surface area (TPSA) is 57.6 Å². The maximum atomic E-state index is 12.9. The van der Waals surface area contributed by atoms with E-state index in [2.05, 4.69) is 13.0 Å². The lowest BCUT2D eigenvalue weighted by Crippen LogP contribution is -2.53. The number of hydrogen-bond donors (Lipinski definition) is 1. The summed E-state index contributed by atoms with van der Waals surface area (Å²) in [4.78, 5) is 26.5. The molecule has 5 atom stereocenters. The van der Waals surface area contributed by atoms with E-state index in [0.717, 1.165) is 32.2 Å². The van der Waals surface area contributed by atoms with Gasteiger partial charge >= 0.3 is 5.97 Å². The molecule has 0 unspecified atom stereocenters. The van der Waals surface area contributed by atoms with E-state index in [1.54, 1.807) is 0 Å². The molecule has 2 bridgehead atoms. The summed E-state index contributed by atoms with van der Waals surface area (Å²) in [5, 5.41) is 9.54. The lowest BCUT2D eigenvalue weighted by Gasteiger charge is -2.45. The molecular weight excluding hydrogens is 254 g/mol. The van der Waals surface area contributed by atoms with Gasteiger partial charge in [-0.15, -0.1) is 0 Å². The number of aliphatic carboxylic acids is 1. The summed E-state index contributed by atoms with van der Waals surface area (Å²) < 4.78 is 0. The average molecular weight is 277 g/mol. The van der Waals surface area contributed by atoms with Gasteiger partial charge < -0.3 is 10.0 Å². The van der Waals surface area contributed by atoms with Crippen molar-refractivity contribution < 1.29 is 14.7 Å². The van der Waals surface area contributed by atoms with E-state index in [1.165, 1.54) is 6.42 Å². The van der Waals surface area contributed by atoms with E-state index in [1.807, 2.05) is 11.0 Å². The third-order valence-electron chi connectivity index (χ3n) is 5.40. The van der Waals surface area contributed by atoms with Gasteiger partial charge in [-0.2, -0.15) is 0 Å². The number of nitrogens with zero attached hydrogens (tertiary/aromatic N) is 1. The summed E-state index contributed by atoms with van der Waals surface area (Å²) in [6.45, 7) is 2.88. The Balaban J connectivity index is 1.85. The third kappa shape index (κ3) is 2.15. The lowest BCUT2D eigenvalue weighted by atomic mass is 9.61. The molecule has 110 valence electrons. The Morgan fingerprint density at radius 1 is 1.05 bits per heavy atom. The highest BCUT2D eigenvalue weighted by Gasteiger charge is 2.49. The van der Waals surface area contributed by atoms with Crippen LogP contribution in [0.4, 0.5) is 0 Å². The molecule has 0 spiro atoms. The molecule has 0 aromatic carbocycles. The van der Waals surface area contributed by atoms with E-state index in [4.69, 9.17) is 0 Å². The smallest absolute Gasteiger partial charge is 0.307 e. The first kappa shape index (κ1) is 13.7. The fraction of sp³-hybridized carbons (Fsp3) is 0.750. The van der Waals surface area contributed by atoms with Crippen molar-refractivity contribution >= 4 is 11.9 Å². The summed E-state index contributed by atoms with van der Waals surface area (Å²) >= 11 is 0. The Labute approximate surface area is 119 Å². The van der Waals surface area contributed by atoms with Crippen LogP contribution in [0.1, 0.15) is 39.0 Å².